The number of halogens is 4. The van der Waals surface area contributed by atoms with Crippen molar-refractivity contribution in [2.75, 3.05) is 6.54 Å². The molecule has 0 heterocycles. The van der Waals surface area contributed by atoms with E-state index in [0.29, 0.717) is 11.4 Å². The van der Waals surface area contributed by atoms with E-state index >= 15 is 0 Å². The first kappa shape index (κ1) is 16.8. The summed E-state index contributed by atoms with van der Waals surface area (Å²) in [5, 5.41) is 4.25. The van der Waals surface area contributed by atoms with E-state index in [1.54, 1.807) is 12.1 Å². The lowest BCUT2D eigenvalue weighted by Crippen LogP contribution is -2.23. The number of nitrogens with one attached hydrogen (secondary N) is 1. The summed E-state index contributed by atoms with van der Waals surface area (Å²) in [6, 6.07) is 10.7. The standard InChI is InChI=1S/C16H15BrCl2FN/c1-2-21-16(12-5-4-11(17)9-13(12)18)8-10-3-6-15(20)14(19)7-10/h3-7,9,16,21H,2,8H2,1H3. The monoisotopic (exact) mass is 389 g/mol. The third kappa shape index (κ3) is 4.43. The third-order valence-electron chi connectivity index (χ3n) is 3.21. The van der Waals surface area contributed by atoms with E-state index in [0.717, 1.165) is 22.1 Å². The normalized spacial score (nSPS) is 12.4. The smallest absolute Gasteiger partial charge is 0.141 e. The van der Waals surface area contributed by atoms with Crippen molar-refractivity contribution in [1.82, 2.24) is 5.32 Å². The molecule has 0 fully saturated rings. The fourth-order valence-corrected chi connectivity index (χ4v) is 3.23. The zero-order valence-electron chi connectivity index (χ0n) is 11.5. The van der Waals surface area contributed by atoms with Gasteiger partial charge in [-0.1, -0.05) is 58.2 Å². The zero-order valence-corrected chi connectivity index (χ0v) is 14.6. The molecular formula is C16H15BrCl2FN. The fraction of sp³-hybridized carbons (Fsp3) is 0.250. The van der Waals surface area contributed by atoms with Crippen LogP contribution in [0.5, 0.6) is 0 Å². The van der Waals surface area contributed by atoms with Gasteiger partial charge in [-0.25, -0.2) is 4.39 Å². The van der Waals surface area contributed by atoms with Gasteiger partial charge in [0.25, 0.3) is 0 Å². The van der Waals surface area contributed by atoms with Gasteiger partial charge in [-0.15, -0.1) is 0 Å². The van der Waals surface area contributed by atoms with Gasteiger partial charge in [-0.2, -0.15) is 0 Å². The number of benzene rings is 2. The average Bonchev–Trinajstić information content (AvgIpc) is 2.42. The quantitative estimate of drug-likeness (QED) is 0.681. The molecule has 0 saturated heterocycles. The van der Waals surface area contributed by atoms with Crippen LogP contribution < -0.4 is 5.32 Å². The molecule has 0 amide bonds. The maximum atomic E-state index is 13.2. The van der Waals surface area contributed by atoms with Crippen LogP contribution in [0.4, 0.5) is 4.39 Å². The van der Waals surface area contributed by atoms with Crippen LogP contribution in [0.25, 0.3) is 0 Å². The van der Waals surface area contributed by atoms with Crippen molar-refractivity contribution in [3.8, 4) is 0 Å². The van der Waals surface area contributed by atoms with Gasteiger partial charge in [-0.3, -0.25) is 0 Å². The molecule has 0 aromatic heterocycles. The van der Waals surface area contributed by atoms with Crippen LogP contribution >= 0.6 is 39.1 Å². The highest BCUT2D eigenvalue weighted by molar-refractivity contribution is 9.10. The Labute approximate surface area is 142 Å². The van der Waals surface area contributed by atoms with Gasteiger partial charge in [0.1, 0.15) is 5.82 Å². The summed E-state index contributed by atoms with van der Waals surface area (Å²) < 4.78 is 14.2. The Kier molecular flexibility index (Phi) is 6.06. The fourth-order valence-electron chi connectivity index (χ4n) is 2.22. The summed E-state index contributed by atoms with van der Waals surface area (Å²) in [6.45, 7) is 2.85. The largest absolute Gasteiger partial charge is 0.310 e. The molecule has 0 radical (unpaired) electrons. The molecule has 0 saturated carbocycles. The molecule has 1 unspecified atom stereocenters. The van der Waals surface area contributed by atoms with E-state index < -0.39 is 5.82 Å². The van der Waals surface area contributed by atoms with Gasteiger partial charge in [-0.05, 0) is 48.4 Å². The second kappa shape index (κ2) is 7.59. The van der Waals surface area contributed by atoms with Crippen molar-refractivity contribution in [1.29, 1.82) is 0 Å². The van der Waals surface area contributed by atoms with Crippen LogP contribution in [0.3, 0.4) is 0 Å². The Morgan fingerprint density at radius 3 is 2.52 bits per heavy atom. The lowest BCUT2D eigenvalue weighted by atomic mass is 9.98. The number of likely N-dealkylation sites (N-methyl/N-ethyl adjacent to an activating group) is 1. The van der Waals surface area contributed by atoms with Gasteiger partial charge >= 0.3 is 0 Å². The first-order chi connectivity index (χ1) is 10.0. The highest BCUT2D eigenvalue weighted by Gasteiger charge is 2.15. The lowest BCUT2D eigenvalue weighted by molar-refractivity contribution is 0.549. The Morgan fingerprint density at radius 2 is 1.90 bits per heavy atom. The highest BCUT2D eigenvalue weighted by atomic mass is 79.9. The molecule has 0 spiro atoms. The van der Waals surface area contributed by atoms with Crippen molar-refractivity contribution >= 4 is 39.1 Å². The number of hydrogen-bond acceptors (Lipinski definition) is 1. The molecule has 0 aliphatic heterocycles. The summed E-state index contributed by atoms with van der Waals surface area (Å²) in [5.41, 5.74) is 1.98. The minimum Gasteiger partial charge on any atom is -0.310 e. The summed E-state index contributed by atoms with van der Waals surface area (Å²) in [4.78, 5) is 0. The van der Waals surface area contributed by atoms with Crippen LogP contribution in [0.15, 0.2) is 40.9 Å². The molecule has 2 rings (SSSR count). The van der Waals surface area contributed by atoms with Crippen molar-refractivity contribution in [2.24, 2.45) is 0 Å². The minimum absolute atomic E-state index is 0.0529. The highest BCUT2D eigenvalue weighted by Crippen LogP contribution is 2.29. The SMILES string of the molecule is CCNC(Cc1ccc(F)c(Cl)c1)c1ccc(Br)cc1Cl. The molecular weight excluding hydrogens is 376 g/mol. The van der Waals surface area contributed by atoms with E-state index in [1.165, 1.54) is 6.07 Å². The van der Waals surface area contributed by atoms with E-state index in [9.17, 15) is 4.39 Å². The van der Waals surface area contributed by atoms with Crippen LogP contribution in [-0.2, 0) is 6.42 Å². The third-order valence-corrected chi connectivity index (χ3v) is 4.32. The van der Waals surface area contributed by atoms with Gasteiger partial charge in [0.2, 0.25) is 0 Å². The maximum absolute atomic E-state index is 13.2. The molecule has 0 bridgehead atoms. The molecule has 1 nitrogen and oxygen atoms in total. The van der Waals surface area contributed by atoms with Gasteiger partial charge < -0.3 is 5.32 Å². The van der Waals surface area contributed by atoms with Crippen molar-refractivity contribution in [2.45, 2.75) is 19.4 Å². The van der Waals surface area contributed by atoms with Gasteiger partial charge in [0.15, 0.2) is 0 Å². The molecule has 0 aliphatic carbocycles. The molecule has 2 aromatic rings. The maximum Gasteiger partial charge on any atom is 0.141 e. The van der Waals surface area contributed by atoms with E-state index in [4.69, 9.17) is 23.2 Å². The van der Waals surface area contributed by atoms with E-state index in [1.807, 2.05) is 25.1 Å². The molecule has 112 valence electrons. The van der Waals surface area contributed by atoms with E-state index in [2.05, 4.69) is 21.2 Å². The Morgan fingerprint density at radius 1 is 1.14 bits per heavy atom. The first-order valence-corrected chi connectivity index (χ1v) is 8.18. The number of hydrogen-bond donors (Lipinski definition) is 1. The molecule has 0 aliphatic rings. The zero-order chi connectivity index (χ0) is 15.4. The Bertz CT molecular complexity index is 634. The van der Waals surface area contributed by atoms with Crippen molar-refractivity contribution in [3.63, 3.8) is 0 Å². The average molecular weight is 391 g/mol. The van der Waals surface area contributed by atoms with Crippen LogP contribution in [0.1, 0.15) is 24.1 Å². The molecule has 2 aromatic carbocycles. The van der Waals surface area contributed by atoms with Gasteiger partial charge in [0, 0.05) is 15.5 Å². The predicted molar refractivity (Wildman–Crippen MR) is 90.7 cm³/mol. The van der Waals surface area contributed by atoms with E-state index in [-0.39, 0.29) is 11.1 Å². The Hall–Kier alpha value is -0.610. The molecule has 5 heteroatoms. The number of rotatable bonds is 5. The second-order valence-corrected chi connectivity index (χ2v) is 6.46. The molecule has 1 N–H and O–H groups in total. The van der Waals surface area contributed by atoms with Crippen LogP contribution in [0.2, 0.25) is 10.0 Å². The summed E-state index contributed by atoms with van der Waals surface area (Å²) in [7, 11) is 0. The summed E-state index contributed by atoms with van der Waals surface area (Å²) in [5.74, 6) is -0.401. The summed E-state index contributed by atoms with van der Waals surface area (Å²) >= 11 is 15.6. The Balaban J connectivity index is 2.28. The molecule has 1 atom stereocenters. The molecule has 21 heavy (non-hydrogen) atoms. The van der Waals surface area contributed by atoms with Crippen LogP contribution in [-0.4, -0.2) is 6.54 Å². The van der Waals surface area contributed by atoms with Crippen LogP contribution in [0, 0.1) is 5.82 Å². The topological polar surface area (TPSA) is 12.0 Å². The minimum atomic E-state index is -0.401. The van der Waals surface area contributed by atoms with Crippen molar-refractivity contribution in [3.05, 3.63) is 67.9 Å². The predicted octanol–water partition coefficient (Wildman–Crippen LogP) is 5.79. The first-order valence-electron chi connectivity index (χ1n) is 6.63. The second-order valence-electron chi connectivity index (χ2n) is 4.73. The lowest BCUT2D eigenvalue weighted by Gasteiger charge is -2.20. The summed E-state index contributed by atoms with van der Waals surface area (Å²) in [6.07, 6.45) is 0.690. The van der Waals surface area contributed by atoms with Gasteiger partial charge in [0.05, 0.1) is 5.02 Å². The van der Waals surface area contributed by atoms with Crippen molar-refractivity contribution < 1.29 is 4.39 Å².